The Hall–Kier alpha value is -2.69. The summed E-state index contributed by atoms with van der Waals surface area (Å²) in [6.07, 6.45) is 0. The quantitative estimate of drug-likeness (QED) is 0.905. The Kier molecular flexibility index (Phi) is 5.46. The van der Waals surface area contributed by atoms with E-state index in [0.29, 0.717) is 23.7 Å². The summed E-state index contributed by atoms with van der Waals surface area (Å²) in [6, 6.07) is 13.0. The first-order valence-electron chi connectivity index (χ1n) is 7.46. The van der Waals surface area contributed by atoms with E-state index in [-0.39, 0.29) is 6.03 Å². The third-order valence-corrected chi connectivity index (χ3v) is 3.53. The molecule has 0 unspecified atom stereocenters. The Balaban J connectivity index is 2.30. The normalized spacial score (nSPS) is 10.1. The van der Waals surface area contributed by atoms with Crippen molar-refractivity contribution in [1.29, 1.82) is 0 Å². The Labute approximate surface area is 136 Å². The minimum absolute atomic E-state index is 0.235. The summed E-state index contributed by atoms with van der Waals surface area (Å²) in [5.41, 5.74) is 2.47. The highest BCUT2D eigenvalue weighted by Gasteiger charge is 2.18. The number of hydrogen-bond acceptors (Lipinski definition) is 3. The number of nitrogens with one attached hydrogen (secondary N) is 1. The zero-order chi connectivity index (χ0) is 16.8. The van der Waals surface area contributed by atoms with Crippen molar-refractivity contribution < 1.29 is 14.3 Å². The average Bonchev–Trinajstić information content (AvgIpc) is 2.55. The van der Waals surface area contributed by atoms with E-state index in [9.17, 15) is 4.79 Å². The molecule has 0 aliphatic rings. The van der Waals surface area contributed by atoms with Crippen LogP contribution >= 0.6 is 0 Å². The van der Waals surface area contributed by atoms with Crippen LogP contribution in [0.25, 0.3) is 0 Å². The number of hydrogen-bond donors (Lipinski definition) is 1. The lowest BCUT2D eigenvalue weighted by Gasteiger charge is -2.23. The lowest BCUT2D eigenvalue weighted by molar-refractivity contribution is 0.257. The molecule has 2 aromatic rings. The molecule has 5 nitrogen and oxygen atoms in total. The first-order valence-corrected chi connectivity index (χ1v) is 7.46. The third kappa shape index (κ3) is 3.74. The minimum Gasteiger partial charge on any atom is -0.494 e. The van der Waals surface area contributed by atoms with Crippen LogP contribution in [0.15, 0.2) is 42.5 Å². The standard InChI is InChI=1S/C18H22N2O3/c1-5-20(14-9-6-8-13(2)12-14)18(21)19-17-15(22-3)10-7-11-16(17)23-4/h6-12H,5H2,1-4H3,(H,19,21). The van der Waals surface area contributed by atoms with E-state index >= 15 is 0 Å². The topological polar surface area (TPSA) is 50.8 Å². The molecule has 2 aromatic carbocycles. The first kappa shape index (κ1) is 16.7. The fraction of sp³-hybridized carbons (Fsp3) is 0.278. The molecule has 0 aliphatic heterocycles. The van der Waals surface area contributed by atoms with Gasteiger partial charge in [0.05, 0.1) is 14.2 Å². The minimum atomic E-state index is -0.235. The average molecular weight is 314 g/mol. The van der Waals surface area contributed by atoms with Gasteiger partial charge in [0.25, 0.3) is 0 Å². The van der Waals surface area contributed by atoms with Crippen molar-refractivity contribution in [1.82, 2.24) is 0 Å². The van der Waals surface area contributed by atoms with Gasteiger partial charge in [-0.05, 0) is 43.7 Å². The molecule has 122 valence electrons. The van der Waals surface area contributed by atoms with Crippen LogP contribution in [0.4, 0.5) is 16.2 Å². The van der Waals surface area contributed by atoms with Gasteiger partial charge in [0.2, 0.25) is 0 Å². The van der Waals surface area contributed by atoms with E-state index in [1.165, 1.54) is 0 Å². The van der Waals surface area contributed by atoms with Crippen LogP contribution in [0.1, 0.15) is 12.5 Å². The van der Waals surface area contributed by atoms with Gasteiger partial charge in [-0.1, -0.05) is 18.2 Å². The summed E-state index contributed by atoms with van der Waals surface area (Å²) in [6.45, 7) is 4.48. The highest BCUT2D eigenvalue weighted by molar-refractivity contribution is 6.03. The number of carbonyl (C=O) groups is 1. The van der Waals surface area contributed by atoms with Gasteiger partial charge < -0.3 is 14.8 Å². The number of benzene rings is 2. The molecule has 0 aromatic heterocycles. The molecule has 0 saturated carbocycles. The molecule has 0 spiro atoms. The number of urea groups is 1. The number of para-hydroxylation sites is 1. The highest BCUT2D eigenvalue weighted by Crippen LogP contribution is 2.34. The van der Waals surface area contributed by atoms with Gasteiger partial charge in [-0.25, -0.2) is 4.79 Å². The SMILES string of the molecule is CCN(C(=O)Nc1c(OC)cccc1OC)c1cccc(C)c1. The summed E-state index contributed by atoms with van der Waals surface area (Å²) < 4.78 is 10.6. The van der Waals surface area contributed by atoms with Crippen molar-refractivity contribution >= 4 is 17.4 Å². The van der Waals surface area contributed by atoms with Crippen molar-refractivity contribution in [3.63, 3.8) is 0 Å². The van der Waals surface area contributed by atoms with E-state index in [1.807, 2.05) is 44.2 Å². The van der Waals surface area contributed by atoms with Crippen LogP contribution in [0, 0.1) is 6.92 Å². The monoisotopic (exact) mass is 314 g/mol. The molecule has 0 atom stereocenters. The third-order valence-electron chi connectivity index (χ3n) is 3.53. The van der Waals surface area contributed by atoms with Crippen LogP contribution in [0.2, 0.25) is 0 Å². The number of nitrogens with zero attached hydrogens (tertiary/aromatic N) is 1. The van der Waals surface area contributed by atoms with Crippen LogP contribution < -0.4 is 19.7 Å². The molecule has 5 heteroatoms. The van der Waals surface area contributed by atoms with Gasteiger partial charge >= 0.3 is 6.03 Å². The zero-order valence-corrected chi connectivity index (χ0v) is 13.9. The second-order valence-corrected chi connectivity index (χ2v) is 5.05. The molecule has 0 aliphatic carbocycles. The lowest BCUT2D eigenvalue weighted by Crippen LogP contribution is -2.35. The molecule has 0 fully saturated rings. The fourth-order valence-corrected chi connectivity index (χ4v) is 2.39. The van der Waals surface area contributed by atoms with E-state index < -0.39 is 0 Å². The first-order chi connectivity index (χ1) is 11.1. The van der Waals surface area contributed by atoms with Gasteiger partial charge in [0.15, 0.2) is 0 Å². The summed E-state index contributed by atoms with van der Waals surface area (Å²) in [7, 11) is 3.12. The van der Waals surface area contributed by atoms with Crippen molar-refractivity contribution in [2.45, 2.75) is 13.8 Å². The number of methoxy groups -OCH3 is 2. The summed E-state index contributed by atoms with van der Waals surface area (Å²) in [4.78, 5) is 14.4. The number of amides is 2. The molecular formula is C18H22N2O3. The maximum absolute atomic E-state index is 12.7. The smallest absolute Gasteiger partial charge is 0.326 e. The number of ether oxygens (including phenoxy) is 2. The van der Waals surface area contributed by atoms with Gasteiger partial charge in [0, 0.05) is 12.2 Å². The molecule has 2 rings (SSSR count). The van der Waals surface area contributed by atoms with Crippen molar-refractivity contribution in [2.24, 2.45) is 0 Å². The Bertz CT molecular complexity index is 663. The molecule has 0 bridgehead atoms. The van der Waals surface area contributed by atoms with Crippen LogP contribution in [-0.4, -0.2) is 26.8 Å². The van der Waals surface area contributed by atoms with Gasteiger partial charge in [-0.15, -0.1) is 0 Å². The molecule has 0 radical (unpaired) electrons. The number of carbonyl (C=O) groups excluding carboxylic acids is 1. The van der Waals surface area contributed by atoms with Gasteiger partial charge in [0.1, 0.15) is 17.2 Å². The predicted octanol–water partition coefficient (Wildman–Crippen LogP) is 4.07. The van der Waals surface area contributed by atoms with E-state index in [1.54, 1.807) is 31.3 Å². The maximum atomic E-state index is 12.7. The summed E-state index contributed by atoms with van der Waals surface area (Å²) >= 11 is 0. The van der Waals surface area contributed by atoms with Gasteiger partial charge in [-0.2, -0.15) is 0 Å². The maximum Gasteiger partial charge on any atom is 0.326 e. The largest absolute Gasteiger partial charge is 0.494 e. The fourth-order valence-electron chi connectivity index (χ4n) is 2.39. The van der Waals surface area contributed by atoms with Crippen molar-refractivity contribution in [3.05, 3.63) is 48.0 Å². The van der Waals surface area contributed by atoms with Gasteiger partial charge in [-0.3, -0.25) is 4.90 Å². The van der Waals surface area contributed by atoms with E-state index in [0.717, 1.165) is 11.3 Å². The Morgan fingerprint density at radius 1 is 1.09 bits per heavy atom. The molecular weight excluding hydrogens is 292 g/mol. The molecule has 1 N–H and O–H groups in total. The Morgan fingerprint density at radius 3 is 2.22 bits per heavy atom. The van der Waals surface area contributed by atoms with E-state index in [2.05, 4.69) is 5.32 Å². The van der Waals surface area contributed by atoms with Crippen molar-refractivity contribution in [3.8, 4) is 11.5 Å². The lowest BCUT2D eigenvalue weighted by atomic mass is 10.2. The number of aryl methyl sites for hydroxylation is 1. The zero-order valence-electron chi connectivity index (χ0n) is 13.9. The van der Waals surface area contributed by atoms with Crippen LogP contribution in [0.5, 0.6) is 11.5 Å². The summed E-state index contributed by atoms with van der Waals surface area (Å²) in [5.74, 6) is 1.11. The highest BCUT2D eigenvalue weighted by atomic mass is 16.5. The second kappa shape index (κ2) is 7.54. The second-order valence-electron chi connectivity index (χ2n) is 5.05. The van der Waals surface area contributed by atoms with Crippen LogP contribution in [0.3, 0.4) is 0 Å². The predicted molar refractivity (Wildman–Crippen MR) is 92.8 cm³/mol. The molecule has 0 saturated heterocycles. The van der Waals surface area contributed by atoms with Crippen LogP contribution in [-0.2, 0) is 0 Å². The van der Waals surface area contributed by atoms with Crippen molar-refractivity contribution in [2.75, 3.05) is 31.0 Å². The molecule has 0 heterocycles. The Morgan fingerprint density at radius 2 is 1.70 bits per heavy atom. The number of anilines is 2. The summed E-state index contributed by atoms with van der Waals surface area (Å²) in [5, 5.41) is 2.89. The number of rotatable bonds is 5. The molecule has 23 heavy (non-hydrogen) atoms. The van der Waals surface area contributed by atoms with E-state index in [4.69, 9.17) is 9.47 Å². The molecule has 2 amide bonds.